The van der Waals surface area contributed by atoms with Gasteiger partial charge in [-0.25, -0.2) is 0 Å². The van der Waals surface area contributed by atoms with Crippen molar-refractivity contribution in [2.75, 3.05) is 5.73 Å². The van der Waals surface area contributed by atoms with Gasteiger partial charge in [0.15, 0.2) is 11.6 Å². The Bertz CT molecular complexity index is 1960. The van der Waals surface area contributed by atoms with Crippen LogP contribution in [0.25, 0.3) is 0 Å². The zero-order chi connectivity index (χ0) is 43.0. The van der Waals surface area contributed by atoms with E-state index in [1.807, 2.05) is 58.0 Å². The third kappa shape index (κ3) is 21.3. The number of nitrogen functional groups attached to an aromatic ring is 1. The molecule has 0 heterocycles. The number of nitro benzene ring substituents is 4. The van der Waals surface area contributed by atoms with Crippen LogP contribution in [0.2, 0.25) is 0 Å². The molecule has 0 aliphatic carbocycles. The number of carbonyl (C=O) groups excluding carboxylic acids is 2. The van der Waals surface area contributed by atoms with Gasteiger partial charge in [0.25, 0.3) is 22.7 Å². The second kappa shape index (κ2) is 27.4. The van der Waals surface area contributed by atoms with E-state index in [1.165, 1.54) is 80.1 Å². The van der Waals surface area contributed by atoms with Gasteiger partial charge in [0.2, 0.25) is 0 Å². The van der Waals surface area contributed by atoms with Crippen LogP contribution in [0.3, 0.4) is 0 Å². The number of carbonyl (C=O) groups is 2. The third-order valence-corrected chi connectivity index (χ3v) is 6.56. The molecule has 0 fully saturated rings. The highest BCUT2D eigenvalue weighted by Gasteiger charge is 2.14. The highest BCUT2D eigenvalue weighted by Crippen LogP contribution is 2.14. The lowest BCUT2D eigenvalue weighted by Crippen LogP contribution is -2.29. The van der Waals surface area contributed by atoms with Crippen LogP contribution in [-0.4, -0.2) is 48.4 Å². The maximum atomic E-state index is 10.8. The van der Waals surface area contributed by atoms with Crippen LogP contribution >= 0.6 is 0 Å². The number of Topliss-reactive ketones (excluding diaryl/α,β-unsaturated/α-hetero) is 2. The Labute approximate surface area is 333 Å². The Kier molecular flexibility index (Phi) is 25.0. The quantitative estimate of drug-likeness (QED) is 0.0459. The van der Waals surface area contributed by atoms with Gasteiger partial charge in [-0.3, -0.25) is 50.0 Å². The van der Waals surface area contributed by atoms with E-state index in [0.717, 1.165) is 17.3 Å². The molecule has 0 radical (unpaired) electrons. The minimum absolute atomic E-state index is 0. The van der Waals surface area contributed by atoms with Crippen molar-refractivity contribution >= 4 is 52.6 Å². The maximum absolute atomic E-state index is 10.8. The first-order valence-electron chi connectivity index (χ1n) is 16.5. The summed E-state index contributed by atoms with van der Waals surface area (Å²) in [6, 6.07) is 30.8. The van der Waals surface area contributed by atoms with Gasteiger partial charge in [-0.2, -0.15) is 0 Å². The second-order valence-electron chi connectivity index (χ2n) is 11.0. The summed E-state index contributed by atoms with van der Waals surface area (Å²) in [4.78, 5) is 60.5. The lowest BCUT2D eigenvalue weighted by Gasteiger charge is -1.97. The van der Waals surface area contributed by atoms with Crippen molar-refractivity contribution in [3.8, 4) is 0 Å². The fourth-order valence-corrected chi connectivity index (χ4v) is 3.89. The van der Waals surface area contributed by atoms with Crippen molar-refractivity contribution in [2.45, 2.75) is 49.0 Å². The monoisotopic (exact) mass is 791 g/mol. The van der Waals surface area contributed by atoms with E-state index in [2.05, 4.69) is 0 Å². The molecule has 0 amide bonds. The Morgan fingerprint density at radius 1 is 0.544 bits per heavy atom. The lowest BCUT2D eigenvalue weighted by molar-refractivity contribution is -0.385. The summed E-state index contributed by atoms with van der Waals surface area (Å²) in [5.41, 5.74) is 9.16. The summed E-state index contributed by atoms with van der Waals surface area (Å²) >= 11 is 0. The molecule has 0 atom stereocenters. The van der Waals surface area contributed by atoms with E-state index in [1.54, 1.807) is 24.3 Å². The minimum Gasteiger partial charge on any atom is -0.423 e. The van der Waals surface area contributed by atoms with Crippen LogP contribution in [-0.2, 0) is 0 Å². The molecule has 18 heteroatoms. The van der Waals surface area contributed by atoms with E-state index in [0.29, 0.717) is 11.1 Å². The van der Waals surface area contributed by atoms with E-state index >= 15 is 0 Å². The molecule has 5 aromatic rings. The maximum Gasteiger partial charge on any atom is 0.488 e. The van der Waals surface area contributed by atoms with Gasteiger partial charge in [-0.1, -0.05) is 81.9 Å². The number of hydrogen-bond acceptors (Lipinski definition) is 13. The summed E-state index contributed by atoms with van der Waals surface area (Å²) in [5.74, 6) is -0.336. The van der Waals surface area contributed by atoms with Crippen LogP contribution in [0.4, 0.5) is 28.4 Å². The lowest BCUT2D eigenvalue weighted by atomic mass is 9.80. The number of benzene rings is 5. The molecule has 306 valence electrons. The molecule has 57 heavy (non-hydrogen) atoms. The van der Waals surface area contributed by atoms with Crippen LogP contribution in [0.15, 0.2) is 121 Å². The van der Waals surface area contributed by atoms with Gasteiger partial charge >= 0.3 is 7.12 Å². The average Bonchev–Trinajstić information content (AvgIpc) is 3.16. The number of non-ortho nitro benzene ring substituents is 4. The topological polar surface area (TPSA) is 273 Å². The smallest absolute Gasteiger partial charge is 0.423 e. The van der Waals surface area contributed by atoms with E-state index in [4.69, 9.17) is 15.8 Å². The third-order valence-electron chi connectivity index (χ3n) is 6.56. The number of hydrogen-bond donors (Lipinski definition) is 3. The van der Waals surface area contributed by atoms with E-state index < -0.39 is 26.8 Å². The molecular weight excluding hydrogens is 741 g/mol. The highest BCUT2D eigenvalue weighted by molar-refractivity contribution is 6.58. The number of nitrogens with zero attached hydrogens (tertiary/aromatic N) is 4. The molecule has 0 unspecified atom stereocenters. The standard InChI is InChI=1S/2C8H7NO3.C7H7NO2.C7H9N.C6H6BNO4.C2H6.CH4.2H2/c2*1-6(10)7-3-2-4-8(5-7)9(11)12;1-6-3-2-4-7(5-6)8(9)10;1-6-3-2-4-7(8)5-6;9-7(10)5-2-1-3-6(4-5)8(11)12;1-2;;;/h2*2-5H,1H3;2-5H,1H3;2-5H,8H2,1H3;1-4,9-10H;1-2H3;1H4;2*1H. The van der Waals surface area contributed by atoms with Crippen LogP contribution in [0.5, 0.6) is 0 Å². The molecule has 0 saturated heterocycles. The number of anilines is 1. The van der Waals surface area contributed by atoms with Crippen LogP contribution < -0.4 is 11.2 Å². The molecule has 0 aromatic heterocycles. The summed E-state index contributed by atoms with van der Waals surface area (Å²) in [7, 11) is -1.66. The Hall–Kier alpha value is -7.18. The number of aryl methyl sites for hydroxylation is 2. The second-order valence-corrected chi connectivity index (χ2v) is 11.0. The van der Waals surface area contributed by atoms with Crippen LogP contribution in [0, 0.1) is 54.3 Å². The zero-order valence-corrected chi connectivity index (χ0v) is 31.5. The van der Waals surface area contributed by atoms with Crippen LogP contribution in [0.1, 0.15) is 69.8 Å². The molecule has 5 rings (SSSR count). The molecule has 0 aliphatic rings. The molecule has 0 aliphatic heterocycles. The molecule has 0 bridgehead atoms. The molecule has 0 spiro atoms. The first-order chi connectivity index (χ1) is 26.3. The van der Waals surface area contributed by atoms with E-state index in [9.17, 15) is 50.0 Å². The van der Waals surface area contributed by atoms with Gasteiger partial charge in [0.05, 0.1) is 19.7 Å². The number of nitrogens with two attached hydrogens (primary N) is 1. The normalized spacial score (nSPS) is 8.98. The largest absolute Gasteiger partial charge is 0.488 e. The number of rotatable bonds is 7. The summed E-state index contributed by atoms with van der Waals surface area (Å²) in [6.45, 7) is 10.6. The predicted molar refractivity (Wildman–Crippen MR) is 225 cm³/mol. The number of nitro groups is 4. The molecule has 4 N–H and O–H groups in total. The summed E-state index contributed by atoms with van der Waals surface area (Å²) in [6.07, 6.45) is 0. The fourth-order valence-electron chi connectivity index (χ4n) is 3.89. The van der Waals surface area contributed by atoms with E-state index in [-0.39, 0.29) is 50.1 Å². The zero-order valence-electron chi connectivity index (χ0n) is 31.5. The highest BCUT2D eigenvalue weighted by atomic mass is 16.6. The van der Waals surface area contributed by atoms with Gasteiger partial charge < -0.3 is 15.8 Å². The Balaban J connectivity index is -0.000000315. The number of ketones is 2. The van der Waals surface area contributed by atoms with Gasteiger partial charge in [0, 0.05) is 68.2 Å². The average molecular weight is 792 g/mol. The first-order valence-corrected chi connectivity index (χ1v) is 16.5. The van der Waals surface area contributed by atoms with Crippen molar-refractivity contribution in [1.29, 1.82) is 0 Å². The predicted octanol–water partition coefficient (Wildman–Crippen LogP) is 8.50. The Morgan fingerprint density at radius 2 is 0.860 bits per heavy atom. The summed E-state index contributed by atoms with van der Waals surface area (Å²) < 4.78 is 0. The summed E-state index contributed by atoms with van der Waals surface area (Å²) in [5, 5.41) is 58.2. The SMILES string of the molecule is C.CC.CC(=O)c1cccc([N+](=O)[O-])c1.CC(=O)c1cccc([N+](=O)[O-])c1.Cc1cccc(N)c1.Cc1cccc([N+](=O)[O-])c1.O=[N+]([O-])c1cccc(B(O)O)c1.[HH].[HH]. The first kappa shape index (κ1) is 51.9. The van der Waals surface area contributed by atoms with Gasteiger partial charge in [-0.15, -0.1) is 0 Å². The van der Waals surface area contributed by atoms with Crippen molar-refractivity contribution in [1.82, 2.24) is 0 Å². The fraction of sp³-hybridized carbons (Fsp3) is 0.179. The van der Waals surface area contributed by atoms with Crippen molar-refractivity contribution in [2.24, 2.45) is 0 Å². The molecule has 5 aromatic carbocycles. The van der Waals surface area contributed by atoms with Crippen molar-refractivity contribution in [3.63, 3.8) is 0 Å². The Morgan fingerprint density at radius 3 is 1.14 bits per heavy atom. The van der Waals surface area contributed by atoms with Gasteiger partial charge in [0.1, 0.15) is 0 Å². The van der Waals surface area contributed by atoms with Crippen molar-refractivity contribution in [3.05, 3.63) is 184 Å². The van der Waals surface area contributed by atoms with Crippen molar-refractivity contribution < 1.29 is 42.2 Å². The van der Waals surface area contributed by atoms with Gasteiger partial charge in [-0.05, 0) is 56.4 Å². The molecular formula is C39H50BN5O12. The molecule has 17 nitrogen and oxygen atoms in total. The minimum atomic E-state index is -1.66. The molecule has 0 saturated carbocycles.